The van der Waals surface area contributed by atoms with Crippen molar-refractivity contribution in [2.45, 2.75) is 20.5 Å². The molecule has 1 N–H and O–H groups in total. The van der Waals surface area contributed by atoms with Crippen molar-refractivity contribution in [3.63, 3.8) is 0 Å². The summed E-state index contributed by atoms with van der Waals surface area (Å²) < 4.78 is 25.5. The van der Waals surface area contributed by atoms with Crippen LogP contribution in [-0.2, 0) is 16.2 Å². The van der Waals surface area contributed by atoms with Gasteiger partial charge < -0.3 is 9.47 Å². The quantitative estimate of drug-likeness (QED) is 0.340. The van der Waals surface area contributed by atoms with E-state index in [0.29, 0.717) is 29.4 Å². The Balaban J connectivity index is 1.63. The molecule has 4 amide bonds. The molecule has 36 heavy (non-hydrogen) atoms. The second-order valence-electron chi connectivity index (χ2n) is 7.92. The number of nitrogens with one attached hydrogen (secondary N) is 1. The van der Waals surface area contributed by atoms with Crippen LogP contribution in [-0.4, -0.2) is 24.5 Å². The van der Waals surface area contributed by atoms with Gasteiger partial charge in [-0.25, -0.2) is 14.1 Å². The lowest BCUT2D eigenvalue weighted by Crippen LogP contribution is -2.54. The summed E-state index contributed by atoms with van der Waals surface area (Å²) in [4.78, 5) is 39.0. The molecule has 1 fully saturated rings. The van der Waals surface area contributed by atoms with Crippen LogP contribution in [0.4, 0.5) is 14.9 Å². The van der Waals surface area contributed by atoms with Crippen LogP contribution < -0.4 is 19.7 Å². The van der Waals surface area contributed by atoms with E-state index >= 15 is 0 Å². The van der Waals surface area contributed by atoms with Crippen molar-refractivity contribution in [3.8, 4) is 11.5 Å². The third kappa shape index (κ3) is 5.23. The Morgan fingerprint density at radius 1 is 1.00 bits per heavy atom. The lowest BCUT2D eigenvalue weighted by atomic mass is 10.1. The van der Waals surface area contributed by atoms with Crippen LogP contribution in [0.2, 0.25) is 5.02 Å². The smallest absolute Gasteiger partial charge is 0.335 e. The lowest BCUT2D eigenvalue weighted by Gasteiger charge is -2.26. The minimum Gasteiger partial charge on any atom is -0.490 e. The summed E-state index contributed by atoms with van der Waals surface area (Å²) in [5, 5.41) is 2.44. The third-order valence-electron chi connectivity index (χ3n) is 5.37. The summed E-state index contributed by atoms with van der Waals surface area (Å²) in [5.41, 5.74) is 1.65. The molecule has 3 aromatic rings. The SMILES string of the molecule is CCOc1cc(/C=C2\C(=O)NC(=O)N(c3cccc(C)c3)C2=O)ccc1OCc1c(F)cccc1Cl. The summed E-state index contributed by atoms with van der Waals surface area (Å²) in [6.07, 6.45) is 1.37. The Bertz CT molecular complexity index is 1370. The molecule has 1 aliphatic heterocycles. The molecule has 0 aliphatic carbocycles. The molecule has 0 radical (unpaired) electrons. The highest BCUT2D eigenvalue weighted by molar-refractivity contribution is 6.39. The second kappa shape index (κ2) is 10.6. The number of halogens is 2. The first-order valence-electron chi connectivity index (χ1n) is 11.1. The van der Waals surface area contributed by atoms with E-state index in [9.17, 15) is 18.8 Å². The summed E-state index contributed by atoms with van der Waals surface area (Å²) in [7, 11) is 0. The van der Waals surface area contributed by atoms with E-state index in [2.05, 4.69) is 5.32 Å². The van der Waals surface area contributed by atoms with Crippen LogP contribution in [0.15, 0.2) is 66.2 Å². The molecule has 184 valence electrons. The van der Waals surface area contributed by atoms with E-state index in [1.165, 1.54) is 18.2 Å². The van der Waals surface area contributed by atoms with Gasteiger partial charge in [0.05, 0.1) is 17.3 Å². The van der Waals surface area contributed by atoms with E-state index in [0.717, 1.165) is 10.5 Å². The molecule has 0 atom stereocenters. The molecular weight excluding hydrogens is 487 g/mol. The number of ether oxygens (including phenoxy) is 2. The van der Waals surface area contributed by atoms with Gasteiger partial charge in [-0.05, 0) is 67.4 Å². The van der Waals surface area contributed by atoms with Crippen molar-refractivity contribution in [3.05, 3.63) is 93.8 Å². The van der Waals surface area contributed by atoms with Crippen LogP contribution in [0.5, 0.6) is 11.5 Å². The Morgan fingerprint density at radius 2 is 1.78 bits per heavy atom. The van der Waals surface area contributed by atoms with E-state index in [4.69, 9.17) is 21.1 Å². The van der Waals surface area contributed by atoms with Gasteiger partial charge in [0.15, 0.2) is 11.5 Å². The zero-order valence-electron chi connectivity index (χ0n) is 19.5. The average molecular weight is 509 g/mol. The maximum absolute atomic E-state index is 14.1. The topological polar surface area (TPSA) is 84.9 Å². The summed E-state index contributed by atoms with van der Waals surface area (Å²) in [6, 6.07) is 15.2. The van der Waals surface area contributed by atoms with Gasteiger partial charge in [0.1, 0.15) is 18.0 Å². The predicted octanol–water partition coefficient (Wildman–Crippen LogP) is 5.43. The van der Waals surface area contributed by atoms with Crippen LogP contribution in [0, 0.1) is 12.7 Å². The summed E-state index contributed by atoms with van der Waals surface area (Å²) >= 11 is 6.08. The minimum atomic E-state index is -0.821. The van der Waals surface area contributed by atoms with E-state index in [1.807, 2.05) is 13.0 Å². The van der Waals surface area contributed by atoms with E-state index in [1.54, 1.807) is 49.4 Å². The Hall–Kier alpha value is -4.17. The Kier molecular flexibility index (Phi) is 7.36. The van der Waals surface area contributed by atoms with Crippen molar-refractivity contribution in [2.75, 3.05) is 11.5 Å². The van der Waals surface area contributed by atoms with Crippen LogP contribution in [0.3, 0.4) is 0 Å². The first-order chi connectivity index (χ1) is 17.3. The summed E-state index contributed by atoms with van der Waals surface area (Å²) in [5.74, 6) is -1.39. The van der Waals surface area contributed by atoms with E-state index in [-0.39, 0.29) is 22.8 Å². The first-order valence-corrected chi connectivity index (χ1v) is 11.5. The predicted molar refractivity (Wildman–Crippen MR) is 134 cm³/mol. The van der Waals surface area contributed by atoms with Gasteiger partial charge in [-0.15, -0.1) is 0 Å². The molecular formula is C27H22ClFN2O5. The molecule has 0 bridgehead atoms. The van der Waals surface area contributed by atoms with Gasteiger partial charge in [-0.2, -0.15) is 0 Å². The number of hydrogen-bond donors (Lipinski definition) is 1. The number of benzene rings is 3. The Labute approximate surface area is 212 Å². The van der Waals surface area contributed by atoms with Gasteiger partial charge in [0.25, 0.3) is 11.8 Å². The lowest BCUT2D eigenvalue weighted by molar-refractivity contribution is -0.122. The standard InChI is InChI=1S/C27H22ClFN2O5/c1-3-35-24-14-17(10-11-23(24)36-15-20-21(28)8-5-9-22(20)29)13-19-25(32)30-27(34)31(26(19)33)18-7-4-6-16(2)12-18/h4-14H,3,15H2,1-2H3,(H,30,32,34)/b19-13+. The Morgan fingerprint density at radius 3 is 2.50 bits per heavy atom. The first kappa shape index (κ1) is 24.9. The molecule has 0 saturated carbocycles. The van der Waals surface area contributed by atoms with Crippen LogP contribution >= 0.6 is 11.6 Å². The molecule has 1 aliphatic rings. The number of amides is 4. The number of imide groups is 2. The van der Waals surface area contributed by atoms with Gasteiger partial charge >= 0.3 is 6.03 Å². The molecule has 1 heterocycles. The number of carbonyl (C=O) groups excluding carboxylic acids is 3. The molecule has 7 nitrogen and oxygen atoms in total. The zero-order chi connectivity index (χ0) is 25.8. The van der Waals surface area contributed by atoms with E-state index < -0.39 is 23.7 Å². The molecule has 9 heteroatoms. The molecule has 0 aromatic heterocycles. The number of urea groups is 1. The molecule has 4 rings (SSSR count). The largest absolute Gasteiger partial charge is 0.490 e. The number of hydrogen-bond acceptors (Lipinski definition) is 5. The van der Waals surface area contributed by atoms with Crippen LogP contribution in [0.1, 0.15) is 23.6 Å². The molecule has 1 saturated heterocycles. The fraction of sp³-hybridized carbons (Fsp3) is 0.148. The van der Waals surface area contributed by atoms with Crippen molar-refractivity contribution in [1.29, 1.82) is 0 Å². The van der Waals surface area contributed by atoms with Gasteiger partial charge in [0.2, 0.25) is 0 Å². The third-order valence-corrected chi connectivity index (χ3v) is 5.73. The van der Waals surface area contributed by atoms with Crippen molar-refractivity contribution in [2.24, 2.45) is 0 Å². The van der Waals surface area contributed by atoms with Crippen LogP contribution in [0.25, 0.3) is 6.08 Å². The fourth-order valence-corrected chi connectivity index (χ4v) is 3.87. The maximum Gasteiger partial charge on any atom is 0.335 e. The number of anilines is 1. The highest BCUT2D eigenvalue weighted by Gasteiger charge is 2.36. The van der Waals surface area contributed by atoms with Crippen molar-refractivity contribution in [1.82, 2.24) is 5.32 Å². The number of barbiturate groups is 1. The van der Waals surface area contributed by atoms with Gasteiger partial charge in [0, 0.05) is 5.56 Å². The average Bonchev–Trinajstić information content (AvgIpc) is 2.82. The fourth-order valence-electron chi connectivity index (χ4n) is 3.65. The summed E-state index contributed by atoms with van der Waals surface area (Å²) in [6.45, 7) is 3.80. The van der Waals surface area contributed by atoms with Crippen molar-refractivity contribution >= 4 is 41.2 Å². The number of rotatable bonds is 7. The van der Waals surface area contributed by atoms with Gasteiger partial charge in [-0.3, -0.25) is 14.9 Å². The monoisotopic (exact) mass is 508 g/mol. The highest BCUT2D eigenvalue weighted by atomic mass is 35.5. The highest BCUT2D eigenvalue weighted by Crippen LogP contribution is 2.32. The normalized spacial score (nSPS) is 14.7. The zero-order valence-corrected chi connectivity index (χ0v) is 20.3. The maximum atomic E-state index is 14.1. The number of aryl methyl sites for hydroxylation is 1. The molecule has 0 spiro atoms. The minimum absolute atomic E-state index is 0.125. The van der Waals surface area contributed by atoms with Gasteiger partial charge in [-0.1, -0.05) is 35.9 Å². The second-order valence-corrected chi connectivity index (χ2v) is 8.33. The number of nitrogens with zero attached hydrogens (tertiary/aromatic N) is 1. The molecule has 0 unspecified atom stereocenters. The number of carbonyl (C=O) groups is 3. The molecule has 3 aromatic carbocycles. The van der Waals surface area contributed by atoms with Crippen molar-refractivity contribution < 1.29 is 28.2 Å².